The maximum atomic E-state index is 13.3. The van der Waals surface area contributed by atoms with E-state index in [1.54, 1.807) is 6.07 Å². The zero-order valence-electron chi connectivity index (χ0n) is 14.0. The maximum absolute atomic E-state index is 13.3. The highest BCUT2D eigenvalue weighted by molar-refractivity contribution is 6.34. The fraction of sp³-hybridized carbons (Fsp3) is 0.211. The van der Waals surface area contributed by atoms with Crippen LogP contribution < -0.4 is 14.8 Å². The summed E-state index contributed by atoms with van der Waals surface area (Å²) in [7, 11) is 0. The van der Waals surface area contributed by atoms with Crippen LogP contribution in [-0.4, -0.2) is 25.3 Å². The Morgan fingerprint density at radius 3 is 2.33 bits per heavy atom. The van der Waals surface area contributed by atoms with Crippen LogP contribution in [0.25, 0.3) is 5.57 Å². The fourth-order valence-electron chi connectivity index (χ4n) is 2.53. The molecule has 0 aliphatic carbocycles. The largest absolute Gasteiger partial charge is 0.490 e. The van der Waals surface area contributed by atoms with Crippen molar-refractivity contribution >= 4 is 28.8 Å². The molecule has 4 nitrogen and oxygen atoms in total. The molecular formula is C19H15ClF3NO3. The minimum absolute atomic E-state index is 0.107. The van der Waals surface area contributed by atoms with Crippen LogP contribution in [0, 0.1) is 0 Å². The smallest absolute Gasteiger partial charge is 0.417 e. The Hall–Kier alpha value is -2.67. The lowest BCUT2D eigenvalue weighted by Crippen LogP contribution is -2.16. The van der Waals surface area contributed by atoms with E-state index in [-0.39, 0.29) is 16.3 Å². The van der Waals surface area contributed by atoms with Crippen molar-refractivity contribution in [2.24, 2.45) is 0 Å². The van der Waals surface area contributed by atoms with Crippen LogP contribution in [0.5, 0.6) is 11.5 Å². The van der Waals surface area contributed by atoms with Gasteiger partial charge in [-0.25, -0.2) is 0 Å². The summed E-state index contributed by atoms with van der Waals surface area (Å²) in [5.41, 5.74) is -1.02. The molecule has 0 radical (unpaired) electrons. The molecule has 142 valence electrons. The quantitative estimate of drug-likeness (QED) is 0.734. The zero-order valence-corrected chi connectivity index (χ0v) is 14.7. The molecule has 2 aromatic rings. The van der Waals surface area contributed by atoms with Crippen LogP contribution in [0.3, 0.4) is 0 Å². The van der Waals surface area contributed by atoms with Crippen molar-refractivity contribution < 1.29 is 27.4 Å². The Morgan fingerprint density at radius 1 is 1.07 bits per heavy atom. The summed E-state index contributed by atoms with van der Waals surface area (Å²) in [4.78, 5) is 12.2. The van der Waals surface area contributed by atoms with E-state index in [0.717, 1.165) is 0 Å². The number of rotatable bonds is 3. The van der Waals surface area contributed by atoms with Gasteiger partial charge in [-0.3, -0.25) is 4.79 Å². The van der Waals surface area contributed by atoms with Gasteiger partial charge in [-0.05, 0) is 5.56 Å². The molecule has 0 fully saturated rings. The fourth-order valence-corrected chi connectivity index (χ4v) is 2.73. The van der Waals surface area contributed by atoms with E-state index >= 15 is 0 Å². The molecule has 8 heteroatoms. The second-order valence-corrected chi connectivity index (χ2v) is 6.15. The molecule has 0 unspecified atom stereocenters. The first kappa shape index (κ1) is 19.1. The van der Waals surface area contributed by atoms with Gasteiger partial charge in [0, 0.05) is 24.6 Å². The summed E-state index contributed by atoms with van der Waals surface area (Å²) in [6, 6.07) is 9.99. The second kappa shape index (κ2) is 7.92. The van der Waals surface area contributed by atoms with Crippen LogP contribution in [-0.2, 0) is 4.79 Å². The molecule has 1 amide bonds. The molecule has 1 aliphatic rings. The van der Waals surface area contributed by atoms with Crippen LogP contribution in [0.4, 0.5) is 18.9 Å². The third-order valence-corrected chi connectivity index (χ3v) is 4.07. The SMILES string of the molecule is O=C(/C=C(\c1ccccc1)C(F)(F)F)Nc1cc2c(cc1Cl)OCCCO2. The first-order valence-corrected chi connectivity index (χ1v) is 8.47. The van der Waals surface area contributed by atoms with Gasteiger partial charge in [0.25, 0.3) is 0 Å². The van der Waals surface area contributed by atoms with Crippen LogP contribution >= 0.6 is 11.6 Å². The molecule has 3 rings (SSSR count). The molecule has 0 atom stereocenters. The van der Waals surface area contributed by atoms with E-state index in [1.165, 1.54) is 36.4 Å². The predicted molar refractivity (Wildman–Crippen MR) is 96.2 cm³/mol. The van der Waals surface area contributed by atoms with Crippen LogP contribution in [0.2, 0.25) is 5.02 Å². The highest BCUT2D eigenvalue weighted by atomic mass is 35.5. The minimum Gasteiger partial charge on any atom is -0.490 e. The van der Waals surface area contributed by atoms with E-state index in [0.29, 0.717) is 37.2 Å². The van der Waals surface area contributed by atoms with Crippen molar-refractivity contribution in [3.8, 4) is 11.5 Å². The summed E-state index contributed by atoms with van der Waals surface area (Å²) in [5, 5.41) is 2.50. The average molecular weight is 398 g/mol. The molecule has 1 N–H and O–H groups in total. The predicted octanol–water partition coefficient (Wildman–Crippen LogP) is 5.09. The first-order valence-electron chi connectivity index (χ1n) is 8.09. The van der Waals surface area contributed by atoms with Gasteiger partial charge >= 0.3 is 6.18 Å². The van der Waals surface area contributed by atoms with Gasteiger partial charge in [-0.2, -0.15) is 13.2 Å². The van der Waals surface area contributed by atoms with Gasteiger partial charge in [-0.15, -0.1) is 0 Å². The molecule has 2 aromatic carbocycles. The maximum Gasteiger partial charge on any atom is 0.417 e. The normalized spacial score (nSPS) is 14.4. The van der Waals surface area contributed by atoms with E-state index in [4.69, 9.17) is 21.1 Å². The Morgan fingerprint density at radius 2 is 1.70 bits per heavy atom. The highest BCUT2D eigenvalue weighted by Gasteiger charge is 2.35. The first-order chi connectivity index (χ1) is 12.8. The number of halogens is 4. The number of carbonyl (C=O) groups excluding carboxylic acids is 1. The van der Waals surface area contributed by atoms with Gasteiger partial charge in [0.1, 0.15) is 0 Å². The second-order valence-electron chi connectivity index (χ2n) is 5.74. The molecule has 0 saturated heterocycles. The Balaban J connectivity index is 1.88. The van der Waals surface area contributed by atoms with E-state index < -0.39 is 17.7 Å². The number of nitrogens with one attached hydrogen (secondary N) is 1. The number of amides is 1. The van der Waals surface area contributed by atoms with Gasteiger partial charge in [-0.1, -0.05) is 41.9 Å². The van der Waals surface area contributed by atoms with E-state index in [1.807, 2.05) is 0 Å². The number of fused-ring (bicyclic) bond motifs is 1. The summed E-state index contributed by atoms with van der Waals surface area (Å²) in [6.07, 6.45) is -3.50. The number of hydrogen-bond acceptors (Lipinski definition) is 3. The lowest BCUT2D eigenvalue weighted by Gasteiger charge is -2.14. The molecule has 0 spiro atoms. The van der Waals surface area contributed by atoms with Crippen molar-refractivity contribution in [3.05, 3.63) is 59.1 Å². The third-order valence-electron chi connectivity index (χ3n) is 3.76. The standard InChI is InChI=1S/C19H15ClF3NO3/c20-14-10-16-17(27-8-4-7-26-16)11-15(14)24-18(25)9-13(19(21,22)23)12-5-2-1-3-6-12/h1-3,5-6,9-11H,4,7-8H2,(H,24,25)/b13-9+. The monoisotopic (exact) mass is 397 g/mol. The highest BCUT2D eigenvalue weighted by Crippen LogP contribution is 2.38. The minimum atomic E-state index is -4.69. The summed E-state index contributed by atoms with van der Waals surface area (Å²) in [6.45, 7) is 0.887. The van der Waals surface area contributed by atoms with Gasteiger partial charge in [0.2, 0.25) is 5.91 Å². The van der Waals surface area contributed by atoms with Crippen molar-refractivity contribution in [1.29, 1.82) is 0 Å². The van der Waals surface area contributed by atoms with Crippen molar-refractivity contribution in [3.63, 3.8) is 0 Å². The van der Waals surface area contributed by atoms with Crippen molar-refractivity contribution in [2.45, 2.75) is 12.6 Å². The molecule has 1 heterocycles. The summed E-state index contributed by atoms with van der Waals surface area (Å²) < 4.78 is 51.0. The van der Waals surface area contributed by atoms with E-state index in [2.05, 4.69) is 5.32 Å². The number of hydrogen-bond donors (Lipinski definition) is 1. The van der Waals surface area contributed by atoms with Crippen LogP contribution in [0.1, 0.15) is 12.0 Å². The number of alkyl halides is 3. The molecular weight excluding hydrogens is 383 g/mol. The Labute approximate surface area is 158 Å². The van der Waals surface area contributed by atoms with Gasteiger partial charge in [0.05, 0.1) is 29.5 Å². The summed E-state index contributed by atoms with van der Waals surface area (Å²) >= 11 is 6.11. The number of ether oxygens (including phenoxy) is 2. The molecule has 1 aliphatic heterocycles. The number of benzene rings is 2. The van der Waals surface area contributed by atoms with Crippen LogP contribution in [0.15, 0.2) is 48.5 Å². The number of anilines is 1. The Bertz CT molecular complexity index is 866. The topological polar surface area (TPSA) is 47.6 Å². The Kier molecular flexibility index (Phi) is 5.60. The number of carbonyl (C=O) groups is 1. The van der Waals surface area contributed by atoms with Crippen molar-refractivity contribution in [1.82, 2.24) is 0 Å². The average Bonchev–Trinajstić information content (AvgIpc) is 2.85. The van der Waals surface area contributed by atoms with Crippen molar-refractivity contribution in [2.75, 3.05) is 18.5 Å². The summed E-state index contributed by atoms with van der Waals surface area (Å²) in [5.74, 6) is -0.163. The van der Waals surface area contributed by atoms with Gasteiger partial charge < -0.3 is 14.8 Å². The molecule has 0 saturated carbocycles. The lowest BCUT2D eigenvalue weighted by atomic mass is 10.1. The van der Waals surface area contributed by atoms with Gasteiger partial charge in [0.15, 0.2) is 11.5 Å². The van der Waals surface area contributed by atoms with E-state index in [9.17, 15) is 18.0 Å². The molecule has 27 heavy (non-hydrogen) atoms. The molecule has 0 aromatic heterocycles. The number of allylic oxidation sites excluding steroid dienone is 1. The molecule has 0 bridgehead atoms. The lowest BCUT2D eigenvalue weighted by molar-refractivity contribution is -0.112. The zero-order chi connectivity index (χ0) is 19.4. The third kappa shape index (κ3) is 4.74.